The number of nitrogens with one attached hydrogen (secondary N) is 1. The molecule has 66 valence electrons. The van der Waals surface area contributed by atoms with Crippen molar-refractivity contribution >= 4 is 22.6 Å². The van der Waals surface area contributed by atoms with Crippen LogP contribution in [-0.4, -0.2) is 15.0 Å². The zero-order valence-corrected chi connectivity index (χ0v) is 7.59. The van der Waals surface area contributed by atoms with Gasteiger partial charge in [0.15, 0.2) is 5.52 Å². The third kappa shape index (κ3) is 1.29. The first-order chi connectivity index (χ1) is 6.18. The molecule has 0 spiro atoms. The van der Waals surface area contributed by atoms with Crippen LogP contribution in [0.25, 0.3) is 11.0 Å². The van der Waals surface area contributed by atoms with E-state index in [4.69, 9.17) is 11.6 Å². The first-order valence-corrected chi connectivity index (χ1v) is 4.07. The summed E-state index contributed by atoms with van der Waals surface area (Å²) >= 11 is 5.70. The number of nitrogens with zero attached hydrogens (tertiary/aromatic N) is 2. The average molecular weight is 196 g/mol. The van der Waals surface area contributed by atoms with Crippen LogP contribution in [0.4, 0.5) is 0 Å². The molecule has 2 aromatic rings. The minimum Gasteiger partial charge on any atom is -0.311 e. The molecule has 0 atom stereocenters. The molecule has 0 aliphatic carbocycles. The number of aryl methyl sites for hydroxylation is 1. The van der Waals surface area contributed by atoms with Gasteiger partial charge in [-0.05, 0) is 18.6 Å². The summed E-state index contributed by atoms with van der Waals surface area (Å²) in [5.74, 6) is 0. The zero-order valence-electron chi connectivity index (χ0n) is 6.84. The highest BCUT2D eigenvalue weighted by Crippen LogP contribution is 2.14. The first kappa shape index (κ1) is 8.19. The fraction of sp³-hybridized carbons (Fsp3) is 0.125. The highest BCUT2D eigenvalue weighted by atomic mass is 35.5. The van der Waals surface area contributed by atoms with Crippen molar-refractivity contribution < 1.29 is 0 Å². The number of pyridine rings is 1. The number of rotatable bonds is 0. The molecule has 1 N–H and O–H groups in total. The van der Waals surface area contributed by atoms with Crippen molar-refractivity contribution in [1.29, 1.82) is 0 Å². The van der Waals surface area contributed by atoms with Gasteiger partial charge in [-0.1, -0.05) is 11.6 Å². The molecule has 2 heterocycles. The number of hydrogen-bond donors (Lipinski definition) is 1. The molecular weight excluding hydrogens is 190 g/mol. The Kier molecular flexibility index (Phi) is 1.77. The molecule has 0 fully saturated rings. The van der Waals surface area contributed by atoms with Gasteiger partial charge in [0.05, 0.1) is 11.8 Å². The first-order valence-electron chi connectivity index (χ1n) is 3.69. The Labute approximate surface area is 78.6 Å². The SMILES string of the molecule is Cc1cc(Cl)nc2c(=O)[nH]cnc12. The van der Waals surface area contributed by atoms with Crippen molar-refractivity contribution in [3.63, 3.8) is 0 Å². The summed E-state index contributed by atoms with van der Waals surface area (Å²) in [6.45, 7) is 1.84. The monoisotopic (exact) mass is 195 g/mol. The summed E-state index contributed by atoms with van der Waals surface area (Å²) in [7, 11) is 0. The zero-order chi connectivity index (χ0) is 9.42. The Morgan fingerprint density at radius 1 is 1.46 bits per heavy atom. The number of fused-ring (bicyclic) bond motifs is 1. The number of aromatic amines is 1. The van der Waals surface area contributed by atoms with Crippen LogP contribution in [0.5, 0.6) is 0 Å². The van der Waals surface area contributed by atoms with Gasteiger partial charge in [-0.2, -0.15) is 0 Å². The van der Waals surface area contributed by atoms with Crippen LogP contribution in [0, 0.1) is 6.92 Å². The molecule has 5 heteroatoms. The molecule has 13 heavy (non-hydrogen) atoms. The van der Waals surface area contributed by atoms with Gasteiger partial charge in [0.25, 0.3) is 5.56 Å². The highest BCUT2D eigenvalue weighted by molar-refractivity contribution is 6.29. The van der Waals surface area contributed by atoms with E-state index in [2.05, 4.69) is 15.0 Å². The largest absolute Gasteiger partial charge is 0.311 e. The highest BCUT2D eigenvalue weighted by Gasteiger charge is 2.04. The van der Waals surface area contributed by atoms with E-state index in [1.54, 1.807) is 6.07 Å². The minimum atomic E-state index is -0.268. The van der Waals surface area contributed by atoms with Gasteiger partial charge in [-0.3, -0.25) is 4.79 Å². The van der Waals surface area contributed by atoms with Crippen molar-refractivity contribution in [2.24, 2.45) is 0 Å². The maximum atomic E-state index is 11.3. The third-order valence-electron chi connectivity index (χ3n) is 1.76. The Morgan fingerprint density at radius 3 is 3.00 bits per heavy atom. The third-order valence-corrected chi connectivity index (χ3v) is 1.95. The number of halogens is 1. The molecule has 0 saturated heterocycles. The maximum absolute atomic E-state index is 11.3. The molecule has 0 aromatic carbocycles. The molecule has 0 radical (unpaired) electrons. The molecule has 0 unspecified atom stereocenters. The van der Waals surface area contributed by atoms with E-state index in [-0.39, 0.29) is 11.1 Å². The normalized spacial score (nSPS) is 10.6. The molecule has 0 bridgehead atoms. The van der Waals surface area contributed by atoms with Crippen LogP contribution < -0.4 is 5.56 Å². The van der Waals surface area contributed by atoms with E-state index in [0.29, 0.717) is 10.7 Å². The van der Waals surface area contributed by atoms with Crippen LogP contribution in [0.15, 0.2) is 17.2 Å². The fourth-order valence-corrected chi connectivity index (χ4v) is 1.42. The second-order valence-electron chi connectivity index (χ2n) is 2.69. The lowest BCUT2D eigenvalue weighted by atomic mass is 10.2. The Hall–Kier alpha value is -1.42. The van der Waals surface area contributed by atoms with Crippen molar-refractivity contribution in [1.82, 2.24) is 15.0 Å². The van der Waals surface area contributed by atoms with Gasteiger partial charge in [0, 0.05) is 0 Å². The fourth-order valence-electron chi connectivity index (χ4n) is 1.17. The van der Waals surface area contributed by atoms with Crippen LogP contribution in [0.2, 0.25) is 5.15 Å². The maximum Gasteiger partial charge on any atom is 0.277 e. The summed E-state index contributed by atoms with van der Waals surface area (Å²) < 4.78 is 0. The minimum absolute atomic E-state index is 0.268. The lowest BCUT2D eigenvalue weighted by Crippen LogP contribution is -2.08. The van der Waals surface area contributed by atoms with Crippen LogP contribution in [-0.2, 0) is 0 Å². The van der Waals surface area contributed by atoms with E-state index in [1.807, 2.05) is 6.92 Å². The molecule has 2 aromatic heterocycles. The van der Waals surface area contributed by atoms with Crippen LogP contribution in [0.3, 0.4) is 0 Å². The number of aromatic nitrogens is 3. The van der Waals surface area contributed by atoms with Crippen molar-refractivity contribution in [2.45, 2.75) is 6.92 Å². The Bertz CT molecular complexity index is 520. The van der Waals surface area contributed by atoms with Gasteiger partial charge < -0.3 is 4.98 Å². The molecule has 0 aliphatic rings. The summed E-state index contributed by atoms with van der Waals surface area (Å²) in [5, 5.41) is 0.309. The molecular formula is C8H6ClN3O. The average Bonchev–Trinajstić information content (AvgIpc) is 2.07. The second-order valence-corrected chi connectivity index (χ2v) is 3.08. The van der Waals surface area contributed by atoms with Crippen molar-refractivity contribution in [3.8, 4) is 0 Å². The van der Waals surface area contributed by atoms with Gasteiger partial charge in [0.1, 0.15) is 5.15 Å². The van der Waals surface area contributed by atoms with Crippen molar-refractivity contribution in [3.05, 3.63) is 33.5 Å². The number of hydrogen-bond acceptors (Lipinski definition) is 3. The standard InChI is InChI=1S/C8H6ClN3O/c1-4-2-5(9)12-7-6(4)10-3-11-8(7)13/h2-3H,1H3,(H,10,11,13). The predicted molar refractivity (Wildman–Crippen MR) is 49.9 cm³/mol. The summed E-state index contributed by atoms with van der Waals surface area (Å²) in [4.78, 5) is 21.6. The quantitative estimate of drug-likeness (QED) is 0.645. The second kappa shape index (κ2) is 2.81. The van der Waals surface area contributed by atoms with E-state index >= 15 is 0 Å². The molecule has 0 amide bonds. The van der Waals surface area contributed by atoms with Gasteiger partial charge in [0.2, 0.25) is 0 Å². The van der Waals surface area contributed by atoms with E-state index < -0.39 is 0 Å². The molecule has 4 nitrogen and oxygen atoms in total. The van der Waals surface area contributed by atoms with Crippen LogP contribution >= 0.6 is 11.6 Å². The predicted octanol–water partition coefficient (Wildman–Crippen LogP) is 1.28. The molecule has 2 rings (SSSR count). The van der Waals surface area contributed by atoms with E-state index in [1.165, 1.54) is 6.33 Å². The molecule has 0 aliphatic heterocycles. The van der Waals surface area contributed by atoms with Gasteiger partial charge in [-0.25, -0.2) is 9.97 Å². The van der Waals surface area contributed by atoms with Gasteiger partial charge in [-0.15, -0.1) is 0 Å². The smallest absolute Gasteiger partial charge is 0.277 e. The summed E-state index contributed by atoms with van der Waals surface area (Å²) in [5.41, 5.74) is 1.46. The van der Waals surface area contributed by atoms with Crippen molar-refractivity contribution in [2.75, 3.05) is 0 Å². The number of H-pyrrole nitrogens is 1. The lowest BCUT2D eigenvalue weighted by molar-refractivity contribution is 1.14. The lowest BCUT2D eigenvalue weighted by Gasteiger charge is -1.98. The van der Waals surface area contributed by atoms with Gasteiger partial charge >= 0.3 is 0 Å². The Morgan fingerprint density at radius 2 is 2.23 bits per heavy atom. The molecule has 0 saturated carbocycles. The summed E-state index contributed by atoms with van der Waals surface area (Å²) in [6.07, 6.45) is 1.35. The summed E-state index contributed by atoms with van der Waals surface area (Å²) in [6, 6.07) is 1.68. The van der Waals surface area contributed by atoms with Crippen LogP contribution in [0.1, 0.15) is 5.56 Å². The topological polar surface area (TPSA) is 58.6 Å². The van der Waals surface area contributed by atoms with E-state index in [0.717, 1.165) is 5.56 Å². The Balaban J connectivity index is 3.03. The van der Waals surface area contributed by atoms with E-state index in [9.17, 15) is 4.79 Å².